The van der Waals surface area contributed by atoms with Gasteiger partial charge in [0, 0.05) is 30.5 Å². The molecule has 23 heavy (non-hydrogen) atoms. The number of halogens is 1. The van der Waals surface area contributed by atoms with E-state index in [2.05, 4.69) is 22.9 Å². The Labute approximate surface area is 146 Å². The number of carbonyl (C=O) groups is 2. The van der Waals surface area contributed by atoms with Crippen LogP contribution in [-0.4, -0.2) is 36.5 Å². The summed E-state index contributed by atoms with van der Waals surface area (Å²) in [6.45, 7) is 5.06. The van der Waals surface area contributed by atoms with Crippen molar-refractivity contribution in [2.75, 3.05) is 6.54 Å². The third-order valence-corrected chi connectivity index (χ3v) is 4.96. The molecule has 2 rings (SSSR count). The minimum absolute atomic E-state index is 0. The molecular weight excluding hydrogens is 314 g/mol. The van der Waals surface area contributed by atoms with E-state index in [-0.39, 0.29) is 42.2 Å². The number of piperidine rings is 1. The molecule has 0 spiro atoms. The van der Waals surface area contributed by atoms with E-state index in [0.29, 0.717) is 12.5 Å². The van der Waals surface area contributed by atoms with Gasteiger partial charge >= 0.3 is 0 Å². The molecule has 1 aliphatic carbocycles. The van der Waals surface area contributed by atoms with Crippen LogP contribution >= 0.6 is 12.4 Å². The molecule has 134 valence electrons. The zero-order valence-corrected chi connectivity index (χ0v) is 15.2. The van der Waals surface area contributed by atoms with E-state index in [1.165, 1.54) is 6.42 Å². The first-order valence-corrected chi connectivity index (χ1v) is 8.89. The molecule has 5 nitrogen and oxygen atoms in total. The Kier molecular flexibility index (Phi) is 8.92. The van der Waals surface area contributed by atoms with Gasteiger partial charge in [0.2, 0.25) is 11.8 Å². The van der Waals surface area contributed by atoms with Gasteiger partial charge in [-0.2, -0.15) is 0 Å². The van der Waals surface area contributed by atoms with Crippen molar-refractivity contribution in [2.45, 2.75) is 83.3 Å². The molecular formula is C17H32ClN3O2. The van der Waals surface area contributed by atoms with Crippen molar-refractivity contribution in [3.05, 3.63) is 0 Å². The second-order valence-corrected chi connectivity index (χ2v) is 7.01. The number of nitrogens with one attached hydrogen (secondary N) is 3. The van der Waals surface area contributed by atoms with Gasteiger partial charge in [0.15, 0.2) is 0 Å². The van der Waals surface area contributed by atoms with Gasteiger partial charge in [-0.05, 0) is 46.1 Å². The molecule has 1 heterocycles. The van der Waals surface area contributed by atoms with E-state index >= 15 is 0 Å². The van der Waals surface area contributed by atoms with Gasteiger partial charge in [0.25, 0.3) is 0 Å². The molecule has 2 fully saturated rings. The highest BCUT2D eigenvalue weighted by molar-refractivity contribution is 5.85. The number of rotatable bonds is 5. The maximum atomic E-state index is 12.2. The van der Waals surface area contributed by atoms with Gasteiger partial charge in [-0.3, -0.25) is 9.59 Å². The monoisotopic (exact) mass is 345 g/mol. The van der Waals surface area contributed by atoms with Crippen molar-refractivity contribution in [1.29, 1.82) is 0 Å². The first kappa shape index (κ1) is 20.2. The lowest BCUT2D eigenvalue weighted by Crippen LogP contribution is -2.52. The van der Waals surface area contributed by atoms with Gasteiger partial charge in [-0.15, -0.1) is 12.4 Å². The summed E-state index contributed by atoms with van der Waals surface area (Å²) in [6, 6.07) is 0.439. The molecule has 2 amide bonds. The summed E-state index contributed by atoms with van der Waals surface area (Å²) >= 11 is 0. The van der Waals surface area contributed by atoms with Gasteiger partial charge in [0.05, 0.1) is 0 Å². The zero-order valence-electron chi connectivity index (χ0n) is 14.4. The molecule has 3 atom stereocenters. The van der Waals surface area contributed by atoms with Crippen LogP contribution < -0.4 is 16.0 Å². The van der Waals surface area contributed by atoms with Crippen LogP contribution in [0, 0.1) is 5.92 Å². The minimum Gasteiger partial charge on any atom is -0.353 e. The van der Waals surface area contributed by atoms with Crippen LogP contribution in [0.15, 0.2) is 0 Å². The van der Waals surface area contributed by atoms with E-state index in [1.807, 2.05) is 6.92 Å². The molecule has 6 heteroatoms. The van der Waals surface area contributed by atoms with E-state index in [0.717, 1.165) is 45.1 Å². The summed E-state index contributed by atoms with van der Waals surface area (Å²) in [5, 5.41) is 9.49. The molecule has 0 aromatic heterocycles. The number of carbonyl (C=O) groups excluding carboxylic acids is 2. The standard InChI is InChI=1S/C17H31N3O2.ClH/c1-12(19-17(22)14-7-4-3-5-8-14)11-16(21)20-15-9-6-10-18-13(15)2;/h12-15,18H,3-11H2,1-2H3,(H,19,22)(H,20,21);1H. The van der Waals surface area contributed by atoms with Gasteiger partial charge in [-0.25, -0.2) is 0 Å². The SMILES string of the molecule is CC(CC(=O)NC1CCCNC1C)NC(=O)C1CCCCC1.Cl. The summed E-state index contributed by atoms with van der Waals surface area (Å²) in [7, 11) is 0. The summed E-state index contributed by atoms with van der Waals surface area (Å²) in [6.07, 6.45) is 8.04. The van der Waals surface area contributed by atoms with Crippen LogP contribution in [0.1, 0.15) is 65.2 Å². The lowest BCUT2D eigenvalue weighted by atomic mass is 9.88. The number of hydrogen-bond acceptors (Lipinski definition) is 3. The molecule has 0 aromatic rings. The lowest BCUT2D eigenvalue weighted by Gasteiger charge is -2.31. The lowest BCUT2D eigenvalue weighted by molar-refractivity contribution is -0.127. The van der Waals surface area contributed by atoms with Crippen molar-refractivity contribution < 1.29 is 9.59 Å². The second-order valence-electron chi connectivity index (χ2n) is 7.01. The zero-order chi connectivity index (χ0) is 15.9. The average Bonchev–Trinajstić information content (AvgIpc) is 2.50. The van der Waals surface area contributed by atoms with Crippen LogP contribution in [0.5, 0.6) is 0 Å². The highest BCUT2D eigenvalue weighted by Gasteiger charge is 2.25. The molecule has 1 saturated carbocycles. The molecule has 0 radical (unpaired) electrons. The maximum absolute atomic E-state index is 12.2. The Hall–Kier alpha value is -0.810. The fourth-order valence-electron chi connectivity index (χ4n) is 3.56. The van der Waals surface area contributed by atoms with Gasteiger partial charge in [0.1, 0.15) is 0 Å². The highest BCUT2D eigenvalue weighted by Crippen LogP contribution is 2.23. The van der Waals surface area contributed by atoms with Crippen LogP contribution in [0.4, 0.5) is 0 Å². The predicted octanol–water partition coefficient (Wildman–Crippen LogP) is 2.14. The Bertz CT molecular complexity index is 386. The van der Waals surface area contributed by atoms with Crippen molar-refractivity contribution >= 4 is 24.2 Å². The van der Waals surface area contributed by atoms with Crippen molar-refractivity contribution in [2.24, 2.45) is 5.92 Å². The summed E-state index contributed by atoms with van der Waals surface area (Å²) < 4.78 is 0. The molecule has 0 aromatic carbocycles. The largest absolute Gasteiger partial charge is 0.353 e. The highest BCUT2D eigenvalue weighted by atomic mass is 35.5. The van der Waals surface area contributed by atoms with Crippen LogP contribution in [0.3, 0.4) is 0 Å². The summed E-state index contributed by atoms with van der Waals surface area (Å²) in [5.74, 6) is 0.325. The van der Waals surface area contributed by atoms with Crippen LogP contribution in [-0.2, 0) is 9.59 Å². The smallest absolute Gasteiger partial charge is 0.223 e. The molecule has 1 aliphatic heterocycles. The fraction of sp³-hybridized carbons (Fsp3) is 0.882. The maximum Gasteiger partial charge on any atom is 0.223 e. The molecule has 2 aliphatic rings. The van der Waals surface area contributed by atoms with Crippen molar-refractivity contribution in [1.82, 2.24) is 16.0 Å². The van der Waals surface area contributed by atoms with E-state index in [4.69, 9.17) is 0 Å². The molecule has 1 saturated heterocycles. The normalized spacial score (nSPS) is 26.7. The summed E-state index contributed by atoms with van der Waals surface area (Å²) in [5.41, 5.74) is 0. The fourth-order valence-corrected chi connectivity index (χ4v) is 3.56. The third-order valence-electron chi connectivity index (χ3n) is 4.96. The second kappa shape index (κ2) is 10.1. The number of amides is 2. The van der Waals surface area contributed by atoms with Crippen molar-refractivity contribution in [3.63, 3.8) is 0 Å². The van der Waals surface area contributed by atoms with Crippen molar-refractivity contribution in [3.8, 4) is 0 Å². The first-order valence-electron chi connectivity index (χ1n) is 8.89. The topological polar surface area (TPSA) is 70.2 Å². The Morgan fingerprint density at radius 3 is 2.48 bits per heavy atom. The molecule has 0 bridgehead atoms. The summed E-state index contributed by atoms with van der Waals surface area (Å²) in [4.78, 5) is 24.3. The minimum atomic E-state index is -0.0960. The molecule has 3 N–H and O–H groups in total. The predicted molar refractivity (Wildman–Crippen MR) is 94.7 cm³/mol. The Morgan fingerprint density at radius 1 is 1.13 bits per heavy atom. The third kappa shape index (κ3) is 6.68. The van der Waals surface area contributed by atoms with E-state index < -0.39 is 0 Å². The Balaban J connectivity index is 0.00000264. The van der Waals surface area contributed by atoms with E-state index in [9.17, 15) is 9.59 Å². The van der Waals surface area contributed by atoms with Crippen LogP contribution in [0.2, 0.25) is 0 Å². The average molecular weight is 346 g/mol. The van der Waals surface area contributed by atoms with Gasteiger partial charge < -0.3 is 16.0 Å². The quantitative estimate of drug-likeness (QED) is 0.715. The van der Waals surface area contributed by atoms with E-state index in [1.54, 1.807) is 0 Å². The molecule has 3 unspecified atom stereocenters. The van der Waals surface area contributed by atoms with Crippen LogP contribution in [0.25, 0.3) is 0 Å². The Morgan fingerprint density at radius 2 is 1.83 bits per heavy atom. The number of hydrogen-bond donors (Lipinski definition) is 3. The first-order chi connectivity index (χ1) is 10.6. The van der Waals surface area contributed by atoms with Gasteiger partial charge in [-0.1, -0.05) is 19.3 Å².